The van der Waals surface area contributed by atoms with Crippen molar-refractivity contribution < 1.29 is 19.2 Å². The lowest BCUT2D eigenvalue weighted by Crippen LogP contribution is -2.30. The summed E-state index contributed by atoms with van der Waals surface area (Å²) in [6.45, 7) is 0.129. The van der Waals surface area contributed by atoms with Crippen molar-refractivity contribution in [2.24, 2.45) is 0 Å². The number of benzene rings is 2. The van der Waals surface area contributed by atoms with Crippen molar-refractivity contribution in [3.8, 4) is 5.75 Å². The smallest absolute Gasteiger partial charge is 0.270 e. The van der Waals surface area contributed by atoms with Gasteiger partial charge in [0, 0.05) is 23.7 Å². The fraction of sp³-hybridized carbons (Fsp3) is 0.176. The van der Waals surface area contributed by atoms with Crippen LogP contribution in [0.15, 0.2) is 42.5 Å². The molecule has 0 spiro atoms. The first kappa shape index (κ1) is 18.4. The molecule has 0 atom stereocenters. The van der Waals surface area contributed by atoms with Crippen LogP contribution in [0.5, 0.6) is 5.75 Å². The van der Waals surface area contributed by atoms with Crippen LogP contribution in [0.4, 0.5) is 5.69 Å². The second-order valence-corrected chi connectivity index (χ2v) is 5.55. The van der Waals surface area contributed by atoms with E-state index in [9.17, 15) is 19.7 Å². The number of non-ortho nitro benzene ring substituents is 1. The Morgan fingerprint density at radius 1 is 1.24 bits per heavy atom. The van der Waals surface area contributed by atoms with Gasteiger partial charge in [0.25, 0.3) is 11.6 Å². The minimum absolute atomic E-state index is 0.0168. The molecule has 2 aromatic rings. The van der Waals surface area contributed by atoms with Gasteiger partial charge in [0.15, 0.2) is 12.9 Å². The Morgan fingerprint density at radius 3 is 2.60 bits per heavy atom. The SMILES string of the molecule is O=Cc1cc([N+](=O)[O-])ccc1OCC(=O)NCCc1ccc(Cl)cc1. The maximum absolute atomic E-state index is 11.8. The highest BCUT2D eigenvalue weighted by atomic mass is 35.5. The molecule has 0 radical (unpaired) electrons. The minimum Gasteiger partial charge on any atom is -0.483 e. The van der Waals surface area contributed by atoms with Gasteiger partial charge < -0.3 is 10.1 Å². The van der Waals surface area contributed by atoms with Gasteiger partial charge in [-0.25, -0.2) is 0 Å². The van der Waals surface area contributed by atoms with Crippen molar-refractivity contribution in [3.05, 3.63) is 68.7 Å². The van der Waals surface area contributed by atoms with Gasteiger partial charge in [0.05, 0.1) is 10.5 Å². The second kappa shape index (κ2) is 8.79. The Hall–Kier alpha value is -2.93. The average Bonchev–Trinajstić information content (AvgIpc) is 2.61. The number of carbonyl (C=O) groups excluding carboxylic acids is 2. The van der Waals surface area contributed by atoms with E-state index in [0.717, 1.165) is 11.6 Å². The molecule has 0 heterocycles. The summed E-state index contributed by atoms with van der Waals surface area (Å²) in [6.07, 6.45) is 1.08. The Balaban J connectivity index is 1.82. The molecular weight excluding hydrogens is 348 g/mol. The van der Waals surface area contributed by atoms with Crippen molar-refractivity contribution in [2.75, 3.05) is 13.2 Å². The van der Waals surface area contributed by atoms with Gasteiger partial charge in [-0.3, -0.25) is 19.7 Å². The van der Waals surface area contributed by atoms with E-state index in [0.29, 0.717) is 24.3 Å². The number of hydrogen-bond acceptors (Lipinski definition) is 5. The summed E-state index contributed by atoms with van der Waals surface area (Å²) in [5.41, 5.74) is 0.828. The lowest BCUT2D eigenvalue weighted by Gasteiger charge is -2.09. The molecule has 0 saturated carbocycles. The summed E-state index contributed by atoms with van der Waals surface area (Å²) >= 11 is 5.80. The average molecular weight is 363 g/mol. The first-order chi connectivity index (χ1) is 12.0. The van der Waals surface area contributed by atoms with E-state index >= 15 is 0 Å². The molecule has 0 bridgehead atoms. The van der Waals surface area contributed by atoms with Crippen LogP contribution in [0.25, 0.3) is 0 Å². The lowest BCUT2D eigenvalue weighted by atomic mass is 10.1. The number of aldehydes is 1. The van der Waals surface area contributed by atoms with E-state index in [4.69, 9.17) is 16.3 Å². The second-order valence-electron chi connectivity index (χ2n) is 5.11. The Kier molecular flexibility index (Phi) is 6.47. The van der Waals surface area contributed by atoms with Crippen LogP contribution in [0.3, 0.4) is 0 Å². The highest BCUT2D eigenvalue weighted by Gasteiger charge is 2.12. The number of nitrogens with one attached hydrogen (secondary N) is 1. The highest BCUT2D eigenvalue weighted by molar-refractivity contribution is 6.30. The Bertz CT molecular complexity index is 777. The van der Waals surface area contributed by atoms with Crippen molar-refractivity contribution in [3.63, 3.8) is 0 Å². The zero-order chi connectivity index (χ0) is 18.2. The van der Waals surface area contributed by atoms with E-state index < -0.39 is 4.92 Å². The van der Waals surface area contributed by atoms with Crippen LogP contribution < -0.4 is 10.1 Å². The molecule has 1 amide bonds. The number of carbonyl (C=O) groups is 2. The molecule has 0 aliphatic carbocycles. The van der Waals surface area contributed by atoms with Gasteiger partial charge in [-0.2, -0.15) is 0 Å². The molecule has 7 nitrogen and oxygen atoms in total. The summed E-state index contributed by atoms with van der Waals surface area (Å²) < 4.78 is 5.26. The third-order valence-corrected chi connectivity index (χ3v) is 3.59. The summed E-state index contributed by atoms with van der Waals surface area (Å²) in [7, 11) is 0. The van der Waals surface area contributed by atoms with Gasteiger partial charge in [-0.1, -0.05) is 23.7 Å². The van der Waals surface area contributed by atoms with Crippen molar-refractivity contribution in [1.29, 1.82) is 0 Å². The third-order valence-electron chi connectivity index (χ3n) is 3.34. The number of amides is 1. The molecule has 0 aromatic heterocycles. The summed E-state index contributed by atoms with van der Waals surface area (Å²) in [5, 5.41) is 14.0. The first-order valence-electron chi connectivity index (χ1n) is 7.37. The van der Waals surface area contributed by atoms with E-state index in [1.54, 1.807) is 12.1 Å². The maximum Gasteiger partial charge on any atom is 0.270 e. The quantitative estimate of drug-likeness (QED) is 0.442. The Labute approximate surface area is 148 Å². The van der Waals surface area contributed by atoms with Crippen LogP contribution >= 0.6 is 11.6 Å². The summed E-state index contributed by atoms with van der Waals surface area (Å²) in [5.74, 6) is -0.238. The largest absolute Gasteiger partial charge is 0.483 e. The van der Waals surface area contributed by atoms with Crippen molar-refractivity contribution in [2.45, 2.75) is 6.42 Å². The summed E-state index contributed by atoms with van der Waals surface area (Å²) in [6, 6.07) is 10.9. The molecule has 1 N–H and O–H groups in total. The van der Waals surface area contributed by atoms with Gasteiger partial charge in [-0.05, 0) is 30.2 Å². The fourth-order valence-corrected chi connectivity index (χ4v) is 2.19. The van der Waals surface area contributed by atoms with Crippen molar-refractivity contribution in [1.82, 2.24) is 5.32 Å². The predicted octanol–water partition coefficient (Wildman–Crippen LogP) is 2.80. The standard InChI is InChI=1S/C17H15ClN2O5/c18-14-3-1-12(2-4-14)7-8-19-17(22)11-25-16-6-5-15(20(23)24)9-13(16)10-21/h1-6,9-10H,7-8,11H2,(H,19,22). The molecule has 25 heavy (non-hydrogen) atoms. The van der Waals surface area contributed by atoms with E-state index in [-0.39, 0.29) is 29.5 Å². The molecule has 0 unspecified atom stereocenters. The van der Waals surface area contributed by atoms with Gasteiger partial charge in [0.2, 0.25) is 0 Å². The van der Waals surface area contributed by atoms with Gasteiger partial charge >= 0.3 is 0 Å². The summed E-state index contributed by atoms with van der Waals surface area (Å²) in [4.78, 5) is 32.8. The number of ether oxygens (including phenoxy) is 1. The molecule has 0 saturated heterocycles. The monoisotopic (exact) mass is 362 g/mol. The van der Waals surface area contributed by atoms with E-state index in [1.807, 2.05) is 12.1 Å². The zero-order valence-corrected chi connectivity index (χ0v) is 13.9. The van der Waals surface area contributed by atoms with E-state index in [2.05, 4.69) is 5.32 Å². The molecule has 0 fully saturated rings. The number of nitro benzene ring substituents is 1. The van der Waals surface area contributed by atoms with Gasteiger partial charge in [-0.15, -0.1) is 0 Å². The number of nitro groups is 1. The highest BCUT2D eigenvalue weighted by Crippen LogP contribution is 2.22. The number of nitrogens with zero attached hydrogens (tertiary/aromatic N) is 1. The van der Waals surface area contributed by atoms with Crippen LogP contribution in [-0.4, -0.2) is 30.3 Å². The first-order valence-corrected chi connectivity index (χ1v) is 7.75. The third kappa shape index (κ3) is 5.58. The predicted molar refractivity (Wildman–Crippen MR) is 92.1 cm³/mol. The lowest BCUT2D eigenvalue weighted by molar-refractivity contribution is -0.384. The normalized spacial score (nSPS) is 10.1. The maximum atomic E-state index is 11.8. The number of rotatable bonds is 8. The molecule has 2 aromatic carbocycles. The van der Waals surface area contributed by atoms with E-state index in [1.165, 1.54) is 12.1 Å². The van der Waals surface area contributed by atoms with Crippen LogP contribution in [-0.2, 0) is 11.2 Å². The minimum atomic E-state index is -0.611. The zero-order valence-electron chi connectivity index (χ0n) is 13.1. The molecule has 0 aliphatic heterocycles. The molecule has 0 aliphatic rings. The van der Waals surface area contributed by atoms with Crippen LogP contribution in [0, 0.1) is 10.1 Å². The van der Waals surface area contributed by atoms with Crippen LogP contribution in [0.2, 0.25) is 5.02 Å². The Morgan fingerprint density at radius 2 is 1.96 bits per heavy atom. The molecule has 2 rings (SSSR count). The number of halogens is 1. The molecular formula is C17H15ClN2O5. The molecule has 130 valence electrons. The number of hydrogen-bond donors (Lipinski definition) is 1. The topological polar surface area (TPSA) is 98.5 Å². The van der Waals surface area contributed by atoms with Crippen molar-refractivity contribution >= 4 is 29.5 Å². The van der Waals surface area contributed by atoms with Crippen LogP contribution in [0.1, 0.15) is 15.9 Å². The molecule has 8 heteroatoms. The van der Waals surface area contributed by atoms with Gasteiger partial charge in [0.1, 0.15) is 5.75 Å². The fourth-order valence-electron chi connectivity index (χ4n) is 2.06.